The summed E-state index contributed by atoms with van der Waals surface area (Å²) in [6.45, 7) is 0.814. The first kappa shape index (κ1) is 22.4. The van der Waals surface area contributed by atoms with E-state index in [4.69, 9.17) is 4.74 Å². The molecule has 178 valence electrons. The Labute approximate surface area is 198 Å². The number of hydrogen-bond donors (Lipinski definition) is 3. The number of amides is 2. The van der Waals surface area contributed by atoms with Crippen LogP contribution in [0.1, 0.15) is 49.1 Å². The first-order valence-electron chi connectivity index (χ1n) is 12.1. The van der Waals surface area contributed by atoms with Crippen LogP contribution in [-0.4, -0.2) is 42.8 Å². The van der Waals surface area contributed by atoms with Gasteiger partial charge in [-0.3, -0.25) is 9.59 Å². The van der Waals surface area contributed by atoms with Crippen molar-refractivity contribution in [3.05, 3.63) is 59.7 Å². The van der Waals surface area contributed by atoms with Crippen LogP contribution in [0.5, 0.6) is 0 Å². The molecule has 0 heterocycles. The summed E-state index contributed by atoms with van der Waals surface area (Å²) < 4.78 is 5.55. The van der Waals surface area contributed by atoms with E-state index in [0.29, 0.717) is 25.8 Å². The number of fused-ring (bicyclic) bond motifs is 3. The summed E-state index contributed by atoms with van der Waals surface area (Å²) in [5.74, 6) is -1.05. The van der Waals surface area contributed by atoms with Crippen LogP contribution in [0.15, 0.2) is 48.5 Å². The Morgan fingerprint density at radius 2 is 1.56 bits per heavy atom. The van der Waals surface area contributed by atoms with Crippen LogP contribution >= 0.6 is 0 Å². The highest BCUT2D eigenvalue weighted by Gasteiger charge is 2.46. The fraction of sp³-hybridized carbons (Fsp3) is 0.444. The second-order valence-corrected chi connectivity index (χ2v) is 9.82. The van der Waals surface area contributed by atoms with Gasteiger partial charge in [0.05, 0.1) is 5.41 Å². The van der Waals surface area contributed by atoms with Gasteiger partial charge in [0, 0.05) is 24.9 Å². The van der Waals surface area contributed by atoms with Crippen LogP contribution in [0.25, 0.3) is 11.1 Å². The quantitative estimate of drug-likeness (QED) is 0.552. The third-order valence-corrected chi connectivity index (χ3v) is 7.73. The van der Waals surface area contributed by atoms with Crippen molar-refractivity contribution >= 4 is 18.0 Å². The van der Waals surface area contributed by atoms with E-state index >= 15 is 0 Å². The summed E-state index contributed by atoms with van der Waals surface area (Å²) >= 11 is 0. The van der Waals surface area contributed by atoms with Crippen LogP contribution < -0.4 is 10.6 Å². The Bertz CT molecular complexity index is 1060. The molecule has 2 saturated carbocycles. The summed E-state index contributed by atoms with van der Waals surface area (Å²) in [7, 11) is 0. The topological polar surface area (TPSA) is 105 Å². The van der Waals surface area contributed by atoms with Gasteiger partial charge < -0.3 is 20.5 Å². The van der Waals surface area contributed by atoms with E-state index in [0.717, 1.165) is 24.0 Å². The summed E-state index contributed by atoms with van der Waals surface area (Å²) in [6, 6.07) is 16.4. The van der Waals surface area contributed by atoms with Crippen LogP contribution in [0.2, 0.25) is 0 Å². The maximum Gasteiger partial charge on any atom is 0.407 e. The van der Waals surface area contributed by atoms with Crippen LogP contribution in [-0.2, 0) is 14.3 Å². The number of carboxylic acids is 1. The average molecular weight is 463 g/mol. The van der Waals surface area contributed by atoms with Crippen LogP contribution in [0.4, 0.5) is 4.79 Å². The second-order valence-electron chi connectivity index (χ2n) is 9.82. The molecule has 2 amide bonds. The van der Waals surface area contributed by atoms with Gasteiger partial charge in [0.2, 0.25) is 5.91 Å². The van der Waals surface area contributed by atoms with Crippen LogP contribution in [0.3, 0.4) is 0 Å². The number of rotatable bonds is 8. The van der Waals surface area contributed by atoms with Gasteiger partial charge in [0.15, 0.2) is 0 Å². The highest BCUT2D eigenvalue weighted by atomic mass is 16.5. The van der Waals surface area contributed by atoms with E-state index < -0.39 is 17.5 Å². The Kier molecular flexibility index (Phi) is 6.02. The van der Waals surface area contributed by atoms with Crippen molar-refractivity contribution in [2.24, 2.45) is 17.3 Å². The van der Waals surface area contributed by atoms with Crippen molar-refractivity contribution in [3.8, 4) is 11.1 Å². The predicted molar refractivity (Wildman–Crippen MR) is 126 cm³/mol. The summed E-state index contributed by atoms with van der Waals surface area (Å²) in [5.41, 5.74) is 3.87. The molecule has 3 aliphatic rings. The summed E-state index contributed by atoms with van der Waals surface area (Å²) in [5, 5.41) is 15.2. The lowest BCUT2D eigenvalue weighted by molar-refractivity contribution is -0.148. The Morgan fingerprint density at radius 3 is 2.18 bits per heavy atom. The van der Waals surface area contributed by atoms with Crippen molar-refractivity contribution in [2.45, 2.75) is 38.0 Å². The minimum Gasteiger partial charge on any atom is -0.481 e. The number of alkyl carbamates (subject to hydrolysis) is 1. The smallest absolute Gasteiger partial charge is 0.407 e. The maximum absolute atomic E-state index is 12.5. The van der Waals surface area contributed by atoms with E-state index in [1.54, 1.807) is 0 Å². The summed E-state index contributed by atoms with van der Waals surface area (Å²) in [4.78, 5) is 36.5. The fourth-order valence-electron chi connectivity index (χ4n) is 5.56. The molecule has 2 fully saturated rings. The van der Waals surface area contributed by atoms with E-state index in [9.17, 15) is 19.5 Å². The Morgan fingerprint density at radius 1 is 0.941 bits per heavy atom. The number of aliphatic carboxylic acids is 1. The van der Waals surface area contributed by atoms with Gasteiger partial charge in [0.25, 0.3) is 0 Å². The molecule has 0 aliphatic heterocycles. The molecule has 0 saturated heterocycles. The van der Waals surface area contributed by atoms with Gasteiger partial charge >= 0.3 is 12.1 Å². The van der Waals surface area contributed by atoms with E-state index in [1.165, 1.54) is 11.1 Å². The molecule has 0 radical (unpaired) electrons. The highest BCUT2D eigenvalue weighted by molar-refractivity contribution is 5.83. The molecule has 2 atom stereocenters. The SMILES string of the molecule is O=C(NC[C@@H]1C[C@@H]1C(=O)NCC1(C(=O)O)CCCC1)OCC1c2ccccc2-c2ccccc21. The van der Waals surface area contributed by atoms with E-state index in [2.05, 4.69) is 34.9 Å². The van der Waals surface area contributed by atoms with E-state index in [1.807, 2.05) is 24.3 Å². The molecule has 0 unspecified atom stereocenters. The van der Waals surface area contributed by atoms with Gasteiger partial charge in [-0.25, -0.2) is 4.79 Å². The Hall–Kier alpha value is -3.35. The van der Waals surface area contributed by atoms with Gasteiger partial charge in [-0.2, -0.15) is 0 Å². The number of benzene rings is 2. The molecule has 0 aromatic heterocycles. The Balaban J connectivity index is 1.07. The number of nitrogens with one attached hydrogen (secondary N) is 2. The van der Waals surface area contributed by atoms with Gasteiger partial charge in [-0.15, -0.1) is 0 Å². The lowest BCUT2D eigenvalue weighted by Crippen LogP contribution is -2.42. The van der Waals surface area contributed by atoms with Crippen molar-refractivity contribution < 1.29 is 24.2 Å². The minimum absolute atomic E-state index is 0.00902. The zero-order valence-electron chi connectivity index (χ0n) is 19.1. The lowest BCUT2D eigenvalue weighted by atomic mass is 9.86. The van der Waals surface area contributed by atoms with Gasteiger partial charge in [-0.1, -0.05) is 61.4 Å². The number of carbonyl (C=O) groups is 3. The number of hydrogen-bond acceptors (Lipinski definition) is 4. The lowest BCUT2D eigenvalue weighted by Gasteiger charge is -2.24. The molecule has 3 aliphatic carbocycles. The third kappa shape index (κ3) is 4.27. The van der Waals surface area contributed by atoms with Crippen molar-refractivity contribution in [2.75, 3.05) is 19.7 Å². The minimum atomic E-state index is -0.824. The number of carboxylic acid groups (broad SMARTS) is 1. The molecule has 5 rings (SSSR count). The molecule has 7 nitrogen and oxygen atoms in total. The zero-order valence-corrected chi connectivity index (χ0v) is 19.1. The molecule has 7 heteroatoms. The first-order valence-corrected chi connectivity index (χ1v) is 12.1. The fourth-order valence-corrected chi connectivity index (χ4v) is 5.56. The molecule has 0 bridgehead atoms. The first-order chi connectivity index (χ1) is 16.5. The number of ether oxygens (including phenoxy) is 1. The molecule has 3 N–H and O–H groups in total. The predicted octanol–water partition coefficient (Wildman–Crippen LogP) is 3.92. The normalized spacial score (nSPS) is 21.9. The van der Waals surface area contributed by atoms with Crippen LogP contribution in [0, 0.1) is 17.3 Å². The van der Waals surface area contributed by atoms with Crippen molar-refractivity contribution in [1.82, 2.24) is 10.6 Å². The van der Waals surface area contributed by atoms with Gasteiger partial charge in [0.1, 0.15) is 6.61 Å². The largest absolute Gasteiger partial charge is 0.481 e. The molecule has 2 aromatic carbocycles. The third-order valence-electron chi connectivity index (χ3n) is 7.73. The second kappa shape index (κ2) is 9.12. The maximum atomic E-state index is 12.5. The molecule has 0 spiro atoms. The van der Waals surface area contributed by atoms with Crippen molar-refractivity contribution in [1.29, 1.82) is 0 Å². The standard InChI is InChI=1S/C27H30N2O5/c30-24(29-16-27(25(31)32)11-5-6-12-27)22-13-17(22)14-28-26(33)34-15-23-20-9-3-1-7-18(20)19-8-2-4-10-21(19)23/h1-4,7-10,17,22-23H,5-6,11-16H2,(H,28,33)(H,29,30)(H,31,32)/t17-,22-/m0/s1. The summed E-state index contributed by atoms with van der Waals surface area (Å²) in [6.07, 6.45) is 3.20. The highest BCUT2D eigenvalue weighted by Crippen LogP contribution is 2.44. The molecular weight excluding hydrogens is 432 g/mol. The molecule has 34 heavy (non-hydrogen) atoms. The van der Waals surface area contributed by atoms with Crippen molar-refractivity contribution in [3.63, 3.8) is 0 Å². The zero-order chi connectivity index (χ0) is 23.7. The van der Waals surface area contributed by atoms with Gasteiger partial charge in [-0.05, 0) is 47.4 Å². The number of carbonyl (C=O) groups excluding carboxylic acids is 2. The average Bonchev–Trinajstić information content (AvgIpc) is 3.33. The van der Waals surface area contributed by atoms with E-state index in [-0.39, 0.29) is 36.8 Å². The molecular formula is C27H30N2O5. The monoisotopic (exact) mass is 462 g/mol. The molecule has 2 aromatic rings.